The molecule has 3 aliphatic carbocycles. The van der Waals surface area contributed by atoms with Crippen molar-refractivity contribution >= 4 is 6.29 Å². The van der Waals surface area contributed by atoms with E-state index in [9.17, 15) is 14.9 Å². The van der Waals surface area contributed by atoms with Crippen molar-refractivity contribution in [3.05, 3.63) is 94.1 Å². The van der Waals surface area contributed by atoms with Gasteiger partial charge < -0.3 is 4.79 Å². The molecule has 0 N–H and O–H groups in total. The fraction of sp³-hybridized carbons (Fsp3) is 0.444. The number of carbonyl (C=O) groups excluding carboxylic acids is 1. The zero-order valence-electron chi connectivity index (χ0n) is 17.8. The summed E-state index contributed by atoms with van der Waals surface area (Å²) < 4.78 is 0. The number of nitro groups is 1. The summed E-state index contributed by atoms with van der Waals surface area (Å²) >= 11 is 0. The molecule has 3 aliphatic rings. The number of carbonyl (C=O) groups is 1. The van der Waals surface area contributed by atoms with E-state index in [4.69, 9.17) is 0 Å². The van der Waals surface area contributed by atoms with Crippen LogP contribution in [0, 0.1) is 39.2 Å². The van der Waals surface area contributed by atoms with E-state index in [1.165, 1.54) is 0 Å². The van der Waals surface area contributed by atoms with Crippen molar-refractivity contribution in [2.24, 2.45) is 29.1 Å². The molecule has 2 aromatic rings. The van der Waals surface area contributed by atoms with Gasteiger partial charge in [0.1, 0.15) is 6.29 Å². The molecule has 0 heterocycles. The third-order valence-electron chi connectivity index (χ3n) is 8.51. The van der Waals surface area contributed by atoms with E-state index in [1.54, 1.807) is 0 Å². The van der Waals surface area contributed by atoms with Crippen LogP contribution in [0.5, 0.6) is 0 Å². The second-order valence-corrected chi connectivity index (χ2v) is 9.68. The van der Waals surface area contributed by atoms with Crippen molar-refractivity contribution in [1.29, 1.82) is 0 Å². The Balaban J connectivity index is 1.80. The predicted octanol–water partition coefficient (Wildman–Crippen LogP) is 5.64. The van der Waals surface area contributed by atoms with E-state index in [0.717, 1.165) is 36.7 Å². The molecule has 0 bridgehead atoms. The Morgan fingerprint density at radius 2 is 1.61 bits per heavy atom. The fourth-order valence-electron chi connectivity index (χ4n) is 7.43. The topological polar surface area (TPSA) is 60.2 Å². The number of benzene rings is 2. The highest BCUT2D eigenvalue weighted by Crippen LogP contribution is 2.66. The monoisotopic (exact) mass is 415 g/mol. The third kappa shape index (κ3) is 2.91. The van der Waals surface area contributed by atoms with Crippen LogP contribution in [0.1, 0.15) is 49.1 Å². The van der Waals surface area contributed by atoms with Gasteiger partial charge in [-0.3, -0.25) is 10.1 Å². The summed E-state index contributed by atoms with van der Waals surface area (Å²) in [7, 11) is 0. The quantitative estimate of drug-likeness (QED) is 0.281. The van der Waals surface area contributed by atoms with E-state index in [0.29, 0.717) is 5.92 Å². The molecule has 31 heavy (non-hydrogen) atoms. The van der Waals surface area contributed by atoms with E-state index in [-0.39, 0.29) is 28.6 Å². The van der Waals surface area contributed by atoms with Crippen LogP contribution in [0.2, 0.25) is 0 Å². The smallest absolute Gasteiger partial charge is 0.227 e. The van der Waals surface area contributed by atoms with Crippen LogP contribution in [0.4, 0.5) is 0 Å². The van der Waals surface area contributed by atoms with Gasteiger partial charge in [-0.25, -0.2) is 0 Å². The van der Waals surface area contributed by atoms with E-state index in [1.807, 2.05) is 60.7 Å². The SMILES string of the molecule is C[C@@H]1C=C[C@@H]2CCC[C@@H]3[C@@H](c4ccccc4)[C@@H]([N+](=O)[O-])[C@H](c4ccccc4)[C@]1(C=O)[C@H]32. The first kappa shape index (κ1) is 20.2. The molecule has 160 valence electrons. The molecule has 0 aliphatic heterocycles. The summed E-state index contributed by atoms with van der Waals surface area (Å²) in [6, 6.07) is 19.0. The van der Waals surface area contributed by atoms with Crippen LogP contribution in [0.15, 0.2) is 72.8 Å². The Labute approximate surface area is 183 Å². The lowest BCUT2D eigenvalue weighted by Gasteiger charge is -2.61. The highest BCUT2D eigenvalue weighted by atomic mass is 16.6. The predicted molar refractivity (Wildman–Crippen MR) is 120 cm³/mol. The number of allylic oxidation sites excluding steroid dienone is 2. The maximum atomic E-state index is 13.1. The molecule has 4 heteroatoms. The van der Waals surface area contributed by atoms with Gasteiger partial charge in [0.25, 0.3) is 0 Å². The minimum atomic E-state index is -0.830. The average molecular weight is 416 g/mol. The van der Waals surface area contributed by atoms with Gasteiger partial charge in [0, 0.05) is 10.3 Å². The van der Waals surface area contributed by atoms with Gasteiger partial charge in [-0.05, 0) is 47.6 Å². The second-order valence-electron chi connectivity index (χ2n) is 9.68. The molecule has 0 saturated heterocycles. The maximum Gasteiger partial charge on any atom is 0.227 e. The summed E-state index contributed by atoms with van der Waals surface area (Å²) in [5.74, 6) is -0.102. The third-order valence-corrected chi connectivity index (χ3v) is 8.51. The second kappa shape index (κ2) is 7.74. The molecule has 0 amide bonds. The van der Waals surface area contributed by atoms with Crippen molar-refractivity contribution in [3.8, 4) is 0 Å². The minimum absolute atomic E-state index is 0.0313. The lowest BCUT2D eigenvalue weighted by molar-refractivity contribution is -0.542. The maximum absolute atomic E-state index is 13.1. The zero-order valence-corrected chi connectivity index (χ0v) is 17.8. The highest BCUT2D eigenvalue weighted by molar-refractivity contribution is 5.66. The summed E-state index contributed by atoms with van der Waals surface area (Å²) in [6.45, 7) is 2.09. The average Bonchev–Trinajstić information content (AvgIpc) is 2.81. The number of aldehydes is 1. The molecule has 2 aromatic carbocycles. The van der Waals surface area contributed by atoms with Gasteiger partial charge >= 0.3 is 0 Å². The van der Waals surface area contributed by atoms with E-state index < -0.39 is 17.4 Å². The Kier molecular flexibility index (Phi) is 5.04. The van der Waals surface area contributed by atoms with Gasteiger partial charge in [0.2, 0.25) is 6.04 Å². The molecule has 0 aromatic heterocycles. The number of rotatable bonds is 4. The molecule has 2 saturated carbocycles. The summed E-state index contributed by atoms with van der Waals surface area (Å²) in [6.07, 6.45) is 8.65. The lowest BCUT2D eigenvalue weighted by atomic mass is 9.41. The van der Waals surface area contributed by atoms with Crippen LogP contribution in [-0.2, 0) is 4.79 Å². The van der Waals surface area contributed by atoms with Crippen LogP contribution in [-0.4, -0.2) is 17.3 Å². The largest absolute Gasteiger partial charge is 0.303 e. The van der Waals surface area contributed by atoms with Crippen LogP contribution in [0.25, 0.3) is 0 Å². The molecular weight excluding hydrogens is 386 g/mol. The Hall–Kier alpha value is -2.75. The van der Waals surface area contributed by atoms with Crippen LogP contribution < -0.4 is 0 Å². The first-order valence-electron chi connectivity index (χ1n) is 11.5. The standard InChI is InChI=1S/C27H29NO3/c1-18-15-16-21-13-8-14-22-23(19-9-4-2-5-10-19)26(28(30)31)25(20-11-6-3-7-12-20)27(18,17-29)24(21)22/h2-7,9-12,15-18,21-26H,8,13-14H2,1H3/t18-,21+,22-,23-,24+,25+,26-,27+/m1/s1. The first-order chi connectivity index (χ1) is 15.1. The van der Waals surface area contributed by atoms with E-state index >= 15 is 0 Å². The van der Waals surface area contributed by atoms with Crippen molar-refractivity contribution in [2.45, 2.75) is 44.1 Å². The molecule has 5 rings (SSSR count). The van der Waals surface area contributed by atoms with Gasteiger partial charge in [-0.2, -0.15) is 0 Å². The Bertz CT molecular complexity index is 988. The highest BCUT2D eigenvalue weighted by Gasteiger charge is 2.67. The van der Waals surface area contributed by atoms with Gasteiger partial charge in [-0.15, -0.1) is 0 Å². The molecule has 0 unspecified atom stereocenters. The molecule has 8 atom stereocenters. The minimum Gasteiger partial charge on any atom is -0.303 e. The summed E-state index contributed by atoms with van der Waals surface area (Å²) in [4.78, 5) is 25.8. The first-order valence-corrected chi connectivity index (χ1v) is 11.5. The molecular formula is C27H29NO3. The summed E-state index contributed by atoms with van der Waals surface area (Å²) in [5, 5.41) is 12.8. The lowest BCUT2D eigenvalue weighted by Crippen LogP contribution is -2.62. The Morgan fingerprint density at radius 1 is 0.968 bits per heavy atom. The van der Waals surface area contributed by atoms with Crippen molar-refractivity contribution < 1.29 is 9.72 Å². The molecule has 2 fully saturated rings. The van der Waals surface area contributed by atoms with Crippen molar-refractivity contribution in [1.82, 2.24) is 0 Å². The Morgan fingerprint density at radius 3 is 2.23 bits per heavy atom. The zero-order chi connectivity index (χ0) is 21.6. The fourth-order valence-corrected chi connectivity index (χ4v) is 7.43. The summed E-state index contributed by atoms with van der Waals surface area (Å²) in [5.41, 5.74) is 1.20. The molecule has 4 nitrogen and oxygen atoms in total. The van der Waals surface area contributed by atoms with Crippen LogP contribution >= 0.6 is 0 Å². The molecule has 0 radical (unpaired) electrons. The number of nitrogens with zero attached hydrogens (tertiary/aromatic N) is 1. The van der Waals surface area contributed by atoms with Gasteiger partial charge in [0.05, 0.1) is 11.8 Å². The van der Waals surface area contributed by atoms with Gasteiger partial charge in [-0.1, -0.05) is 86.2 Å². The number of hydrogen-bond acceptors (Lipinski definition) is 3. The normalized spacial score (nSPS) is 38.8. The van der Waals surface area contributed by atoms with Crippen molar-refractivity contribution in [3.63, 3.8) is 0 Å². The van der Waals surface area contributed by atoms with E-state index in [2.05, 4.69) is 19.1 Å². The van der Waals surface area contributed by atoms with Gasteiger partial charge in [0.15, 0.2) is 0 Å². The van der Waals surface area contributed by atoms with Crippen LogP contribution in [0.3, 0.4) is 0 Å². The van der Waals surface area contributed by atoms with Crippen molar-refractivity contribution in [2.75, 3.05) is 0 Å². The molecule has 0 spiro atoms. The number of hydrogen-bond donors (Lipinski definition) is 0.